The van der Waals surface area contributed by atoms with E-state index in [1.54, 1.807) is 0 Å². The number of hydrogen-bond acceptors (Lipinski definition) is 3. The number of carbonyl (C=O) groups is 2. The zero-order valence-electron chi connectivity index (χ0n) is 10.5. The van der Waals surface area contributed by atoms with Crippen LogP contribution in [-0.4, -0.2) is 22.1 Å². The molecule has 0 aromatic heterocycles. The van der Waals surface area contributed by atoms with E-state index in [2.05, 4.69) is 5.32 Å². The van der Waals surface area contributed by atoms with Crippen molar-refractivity contribution < 1.29 is 19.8 Å². The Morgan fingerprint density at radius 2 is 1.75 bits per heavy atom. The molecule has 0 aliphatic rings. The molecular formula is C15H13NO4. The van der Waals surface area contributed by atoms with E-state index in [0.29, 0.717) is 5.69 Å². The first-order valence-corrected chi connectivity index (χ1v) is 5.96. The number of aromatic hydroxyl groups is 1. The number of rotatable bonds is 4. The fourth-order valence-corrected chi connectivity index (χ4v) is 1.78. The van der Waals surface area contributed by atoms with Gasteiger partial charge in [0.25, 0.3) is 0 Å². The Hall–Kier alpha value is -2.82. The van der Waals surface area contributed by atoms with Crippen LogP contribution in [0, 0.1) is 0 Å². The molecule has 1 amide bonds. The average molecular weight is 271 g/mol. The minimum atomic E-state index is -1.22. The molecule has 0 saturated carbocycles. The number of nitrogens with one attached hydrogen (secondary N) is 1. The molecular weight excluding hydrogens is 258 g/mol. The molecule has 0 unspecified atom stereocenters. The Morgan fingerprint density at radius 1 is 1.05 bits per heavy atom. The Morgan fingerprint density at radius 3 is 2.35 bits per heavy atom. The quantitative estimate of drug-likeness (QED) is 0.796. The number of carbonyl (C=O) groups excluding carboxylic acids is 1. The highest BCUT2D eigenvalue weighted by Gasteiger charge is 2.11. The largest absolute Gasteiger partial charge is 0.507 e. The predicted molar refractivity (Wildman–Crippen MR) is 73.8 cm³/mol. The fourth-order valence-electron chi connectivity index (χ4n) is 1.78. The fraction of sp³-hybridized carbons (Fsp3) is 0.0667. The highest BCUT2D eigenvalue weighted by atomic mass is 16.4. The second-order valence-corrected chi connectivity index (χ2v) is 4.25. The topological polar surface area (TPSA) is 86.6 Å². The molecule has 0 spiro atoms. The van der Waals surface area contributed by atoms with Gasteiger partial charge in [-0.05, 0) is 17.7 Å². The molecule has 0 heterocycles. The van der Waals surface area contributed by atoms with E-state index in [0.717, 1.165) is 5.56 Å². The molecule has 0 fully saturated rings. The minimum absolute atomic E-state index is 0.203. The van der Waals surface area contributed by atoms with Crippen LogP contribution in [-0.2, 0) is 11.2 Å². The van der Waals surface area contributed by atoms with Gasteiger partial charge in [-0.2, -0.15) is 0 Å². The van der Waals surface area contributed by atoms with Gasteiger partial charge in [0, 0.05) is 11.8 Å². The first kappa shape index (κ1) is 13.6. The summed E-state index contributed by atoms with van der Waals surface area (Å²) in [6.07, 6.45) is 0.211. The SMILES string of the molecule is O=C(Cc1ccccc1)Nc1ccc(C(=O)O)c(O)c1. The van der Waals surface area contributed by atoms with Crippen molar-refractivity contribution in [2.75, 3.05) is 5.32 Å². The maximum atomic E-state index is 11.8. The van der Waals surface area contributed by atoms with Gasteiger partial charge in [0.1, 0.15) is 11.3 Å². The van der Waals surface area contributed by atoms with Crippen LogP contribution in [0.1, 0.15) is 15.9 Å². The van der Waals surface area contributed by atoms with Crippen molar-refractivity contribution in [3.8, 4) is 5.75 Å². The number of benzene rings is 2. The monoisotopic (exact) mass is 271 g/mol. The second kappa shape index (κ2) is 5.88. The van der Waals surface area contributed by atoms with E-state index < -0.39 is 5.97 Å². The Labute approximate surface area is 115 Å². The summed E-state index contributed by atoms with van der Waals surface area (Å²) < 4.78 is 0. The molecule has 20 heavy (non-hydrogen) atoms. The van der Waals surface area contributed by atoms with Crippen molar-refractivity contribution in [2.45, 2.75) is 6.42 Å². The van der Waals surface area contributed by atoms with Gasteiger partial charge in [-0.1, -0.05) is 30.3 Å². The average Bonchev–Trinajstić information content (AvgIpc) is 2.39. The van der Waals surface area contributed by atoms with Gasteiger partial charge in [0.05, 0.1) is 6.42 Å². The Balaban J connectivity index is 2.05. The van der Waals surface area contributed by atoms with Gasteiger partial charge in [-0.3, -0.25) is 4.79 Å². The zero-order valence-corrected chi connectivity index (χ0v) is 10.5. The third-order valence-electron chi connectivity index (χ3n) is 2.72. The summed E-state index contributed by atoms with van der Waals surface area (Å²) in [6, 6.07) is 13.1. The van der Waals surface area contributed by atoms with Crippen LogP contribution in [0.5, 0.6) is 5.75 Å². The molecule has 0 bridgehead atoms. The van der Waals surface area contributed by atoms with Gasteiger partial charge in [-0.15, -0.1) is 0 Å². The molecule has 2 rings (SSSR count). The molecule has 0 saturated heterocycles. The lowest BCUT2D eigenvalue weighted by Crippen LogP contribution is -2.14. The summed E-state index contributed by atoms with van der Waals surface area (Å²) in [5.41, 5.74) is 1.02. The number of amides is 1. The van der Waals surface area contributed by atoms with Gasteiger partial charge in [0.2, 0.25) is 5.91 Å². The third kappa shape index (κ3) is 3.35. The van der Waals surface area contributed by atoms with Crippen molar-refractivity contribution in [3.63, 3.8) is 0 Å². The van der Waals surface area contributed by atoms with Crippen LogP contribution in [0.4, 0.5) is 5.69 Å². The van der Waals surface area contributed by atoms with Gasteiger partial charge >= 0.3 is 5.97 Å². The standard InChI is InChI=1S/C15H13NO4/c17-13-9-11(6-7-12(13)15(19)20)16-14(18)8-10-4-2-1-3-5-10/h1-7,9,17H,8H2,(H,16,18)(H,19,20). The molecule has 0 aliphatic heterocycles. The molecule has 5 nitrogen and oxygen atoms in total. The van der Waals surface area contributed by atoms with E-state index in [1.807, 2.05) is 30.3 Å². The summed E-state index contributed by atoms with van der Waals surface area (Å²) in [4.78, 5) is 22.6. The van der Waals surface area contributed by atoms with E-state index in [9.17, 15) is 14.7 Å². The number of aromatic carboxylic acids is 1. The molecule has 0 atom stereocenters. The Kier molecular flexibility index (Phi) is 4.00. The number of phenols is 1. The summed E-state index contributed by atoms with van der Waals surface area (Å²) in [5.74, 6) is -1.83. The number of carboxylic acids is 1. The van der Waals surface area contributed by atoms with Crippen LogP contribution in [0.25, 0.3) is 0 Å². The van der Waals surface area contributed by atoms with E-state index in [4.69, 9.17) is 5.11 Å². The molecule has 5 heteroatoms. The predicted octanol–water partition coefficient (Wildman–Crippen LogP) is 2.27. The molecule has 2 aromatic carbocycles. The maximum Gasteiger partial charge on any atom is 0.339 e. The first-order chi connectivity index (χ1) is 9.56. The maximum absolute atomic E-state index is 11.8. The molecule has 3 N–H and O–H groups in total. The normalized spacial score (nSPS) is 10.0. The highest BCUT2D eigenvalue weighted by Crippen LogP contribution is 2.22. The van der Waals surface area contributed by atoms with Gasteiger partial charge in [0.15, 0.2) is 0 Å². The third-order valence-corrected chi connectivity index (χ3v) is 2.72. The van der Waals surface area contributed by atoms with Crippen LogP contribution < -0.4 is 5.32 Å². The first-order valence-electron chi connectivity index (χ1n) is 5.96. The van der Waals surface area contributed by atoms with Crippen LogP contribution in [0.15, 0.2) is 48.5 Å². The lowest BCUT2D eigenvalue weighted by molar-refractivity contribution is -0.115. The number of carboxylic acid groups (broad SMARTS) is 1. The summed E-state index contributed by atoms with van der Waals surface area (Å²) in [7, 11) is 0. The van der Waals surface area contributed by atoms with Crippen LogP contribution in [0.3, 0.4) is 0 Å². The smallest absolute Gasteiger partial charge is 0.339 e. The summed E-state index contributed by atoms with van der Waals surface area (Å²) >= 11 is 0. The minimum Gasteiger partial charge on any atom is -0.507 e. The van der Waals surface area contributed by atoms with E-state index >= 15 is 0 Å². The van der Waals surface area contributed by atoms with Crippen LogP contribution in [0.2, 0.25) is 0 Å². The van der Waals surface area contributed by atoms with Crippen molar-refractivity contribution in [3.05, 3.63) is 59.7 Å². The van der Waals surface area contributed by atoms with Crippen molar-refractivity contribution >= 4 is 17.6 Å². The van der Waals surface area contributed by atoms with Crippen molar-refractivity contribution in [1.29, 1.82) is 0 Å². The molecule has 0 radical (unpaired) electrons. The summed E-state index contributed by atoms with van der Waals surface area (Å²) in [6.45, 7) is 0. The van der Waals surface area contributed by atoms with Crippen molar-refractivity contribution in [2.24, 2.45) is 0 Å². The zero-order chi connectivity index (χ0) is 14.5. The molecule has 102 valence electrons. The Bertz CT molecular complexity index is 638. The number of hydrogen-bond donors (Lipinski definition) is 3. The second-order valence-electron chi connectivity index (χ2n) is 4.25. The lowest BCUT2D eigenvalue weighted by Gasteiger charge is -2.07. The van der Waals surface area contributed by atoms with Crippen molar-refractivity contribution in [1.82, 2.24) is 0 Å². The van der Waals surface area contributed by atoms with E-state index in [-0.39, 0.29) is 23.6 Å². The van der Waals surface area contributed by atoms with Gasteiger partial charge < -0.3 is 15.5 Å². The summed E-state index contributed by atoms with van der Waals surface area (Å²) in [5, 5.41) is 20.9. The highest BCUT2D eigenvalue weighted by molar-refractivity contribution is 5.95. The molecule has 0 aliphatic carbocycles. The van der Waals surface area contributed by atoms with Gasteiger partial charge in [-0.25, -0.2) is 4.79 Å². The molecule has 2 aromatic rings. The van der Waals surface area contributed by atoms with E-state index in [1.165, 1.54) is 18.2 Å². The lowest BCUT2D eigenvalue weighted by atomic mass is 10.1. The number of anilines is 1. The van der Waals surface area contributed by atoms with Crippen LogP contribution >= 0.6 is 0 Å².